The second kappa shape index (κ2) is 6.87. The van der Waals surface area contributed by atoms with Crippen molar-refractivity contribution in [3.05, 3.63) is 72.7 Å². The number of benzene rings is 1. The highest BCUT2D eigenvalue weighted by Crippen LogP contribution is 2.24. The number of rotatable bonds is 4. The summed E-state index contributed by atoms with van der Waals surface area (Å²) in [5, 5.41) is 3.20. The summed E-state index contributed by atoms with van der Waals surface area (Å²) in [5.74, 6) is 0.853. The lowest BCUT2D eigenvalue weighted by Gasteiger charge is -2.15. The number of imidazole rings is 1. The molecule has 1 N–H and O–H groups in total. The third kappa shape index (κ3) is 3.22. The number of carbonyl (C=O) groups excluding carboxylic acids is 1. The van der Waals surface area contributed by atoms with E-state index < -0.39 is 0 Å². The first-order chi connectivity index (χ1) is 13.1. The van der Waals surface area contributed by atoms with Gasteiger partial charge in [-0.15, -0.1) is 0 Å². The molecule has 27 heavy (non-hydrogen) atoms. The smallest absolute Gasteiger partial charge is 0.257 e. The predicted octanol–water partition coefficient (Wildman–Crippen LogP) is 3.24. The van der Waals surface area contributed by atoms with Gasteiger partial charge in [0, 0.05) is 44.3 Å². The molecule has 7 nitrogen and oxygen atoms in total. The van der Waals surface area contributed by atoms with Crippen LogP contribution in [0.5, 0.6) is 0 Å². The van der Waals surface area contributed by atoms with E-state index in [1.807, 2.05) is 47.0 Å². The first kappa shape index (κ1) is 16.7. The molecule has 0 bridgehead atoms. The summed E-state index contributed by atoms with van der Waals surface area (Å²) in [6.45, 7) is 0. The summed E-state index contributed by atoms with van der Waals surface area (Å²) in [6, 6.07) is 15.3. The predicted molar refractivity (Wildman–Crippen MR) is 104 cm³/mol. The molecule has 0 aliphatic heterocycles. The number of pyridine rings is 1. The number of anilines is 2. The van der Waals surface area contributed by atoms with Gasteiger partial charge in [0.05, 0.1) is 11.3 Å². The fraction of sp³-hybridized carbons (Fsp3) is 0.100. The molecule has 3 heterocycles. The molecule has 1 amide bonds. The Bertz CT molecular complexity index is 1100. The van der Waals surface area contributed by atoms with Gasteiger partial charge in [-0.1, -0.05) is 30.3 Å². The maximum Gasteiger partial charge on any atom is 0.257 e. The molecule has 4 rings (SSSR count). The Kier molecular flexibility index (Phi) is 4.25. The van der Waals surface area contributed by atoms with Crippen LogP contribution in [0.25, 0.3) is 16.9 Å². The van der Waals surface area contributed by atoms with Crippen LogP contribution in [0.1, 0.15) is 10.4 Å². The van der Waals surface area contributed by atoms with Crippen molar-refractivity contribution in [2.24, 2.45) is 0 Å². The Morgan fingerprint density at radius 1 is 1.04 bits per heavy atom. The third-order valence-corrected chi connectivity index (χ3v) is 4.13. The molecule has 0 atom stereocenters. The Morgan fingerprint density at radius 3 is 2.63 bits per heavy atom. The summed E-state index contributed by atoms with van der Waals surface area (Å²) < 4.78 is 1.82. The van der Waals surface area contributed by atoms with Crippen molar-refractivity contribution in [1.82, 2.24) is 24.3 Å². The molecule has 0 spiro atoms. The lowest BCUT2D eigenvalue weighted by Crippen LogP contribution is -2.23. The molecule has 0 unspecified atom stereocenters. The fourth-order valence-corrected chi connectivity index (χ4v) is 2.79. The van der Waals surface area contributed by atoms with Gasteiger partial charge in [-0.3, -0.25) is 9.20 Å². The van der Waals surface area contributed by atoms with Crippen molar-refractivity contribution in [2.75, 3.05) is 19.4 Å². The van der Waals surface area contributed by atoms with Gasteiger partial charge in [-0.25, -0.2) is 15.0 Å². The average molecular weight is 358 g/mol. The molecule has 0 fully saturated rings. The summed E-state index contributed by atoms with van der Waals surface area (Å²) in [4.78, 5) is 27.4. The average Bonchev–Trinajstić information content (AvgIpc) is 3.17. The van der Waals surface area contributed by atoms with E-state index in [0.717, 1.165) is 16.9 Å². The van der Waals surface area contributed by atoms with Gasteiger partial charge in [0.1, 0.15) is 11.5 Å². The van der Waals surface area contributed by atoms with Crippen molar-refractivity contribution >= 4 is 23.3 Å². The Hall–Kier alpha value is -3.74. The number of carbonyl (C=O) groups is 1. The number of amides is 1. The van der Waals surface area contributed by atoms with Crippen LogP contribution in [0.2, 0.25) is 0 Å². The van der Waals surface area contributed by atoms with Crippen molar-refractivity contribution in [3.63, 3.8) is 0 Å². The Labute approximate surface area is 156 Å². The maximum atomic E-state index is 12.5. The molecular formula is C20H18N6O. The van der Waals surface area contributed by atoms with E-state index in [1.54, 1.807) is 38.6 Å². The molecule has 0 saturated carbocycles. The normalized spacial score (nSPS) is 10.7. The number of aromatic nitrogens is 4. The number of hydrogen-bond donors (Lipinski definition) is 1. The second-order valence-corrected chi connectivity index (χ2v) is 6.21. The van der Waals surface area contributed by atoms with Crippen LogP contribution in [0, 0.1) is 0 Å². The van der Waals surface area contributed by atoms with Gasteiger partial charge in [-0.2, -0.15) is 0 Å². The van der Waals surface area contributed by atoms with E-state index in [1.165, 1.54) is 4.90 Å². The minimum absolute atomic E-state index is 0.133. The highest BCUT2D eigenvalue weighted by atomic mass is 16.2. The van der Waals surface area contributed by atoms with Crippen LogP contribution in [0.4, 0.5) is 11.8 Å². The van der Waals surface area contributed by atoms with Crippen LogP contribution < -0.4 is 5.32 Å². The van der Waals surface area contributed by atoms with Gasteiger partial charge < -0.3 is 10.2 Å². The van der Waals surface area contributed by atoms with Crippen molar-refractivity contribution in [3.8, 4) is 11.3 Å². The lowest BCUT2D eigenvalue weighted by atomic mass is 10.1. The van der Waals surface area contributed by atoms with Crippen LogP contribution in [0.15, 0.2) is 67.1 Å². The minimum Gasteiger partial charge on any atom is -0.345 e. The fourth-order valence-electron chi connectivity index (χ4n) is 2.79. The van der Waals surface area contributed by atoms with E-state index in [0.29, 0.717) is 17.3 Å². The third-order valence-electron chi connectivity index (χ3n) is 4.13. The van der Waals surface area contributed by atoms with Gasteiger partial charge in [0.25, 0.3) is 5.91 Å². The molecule has 0 radical (unpaired) electrons. The van der Waals surface area contributed by atoms with Crippen LogP contribution in [0.3, 0.4) is 0 Å². The number of nitrogens with one attached hydrogen (secondary N) is 1. The number of fused-ring (bicyclic) bond motifs is 1. The van der Waals surface area contributed by atoms with Gasteiger partial charge in [0.2, 0.25) is 5.95 Å². The van der Waals surface area contributed by atoms with Crippen molar-refractivity contribution in [1.29, 1.82) is 0 Å². The van der Waals surface area contributed by atoms with Crippen LogP contribution >= 0.6 is 0 Å². The van der Waals surface area contributed by atoms with Gasteiger partial charge in [0.15, 0.2) is 0 Å². The molecule has 0 aliphatic carbocycles. The zero-order chi connectivity index (χ0) is 18.8. The van der Waals surface area contributed by atoms with Crippen molar-refractivity contribution in [2.45, 2.75) is 0 Å². The highest BCUT2D eigenvalue weighted by Gasteiger charge is 2.16. The molecule has 0 saturated heterocycles. The highest BCUT2D eigenvalue weighted by molar-refractivity contribution is 5.98. The van der Waals surface area contributed by atoms with Gasteiger partial charge in [-0.05, 0) is 12.1 Å². The molecule has 7 heteroatoms. The number of hydrogen-bond acceptors (Lipinski definition) is 5. The molecule has 3 aromatic heterocycles. The Balaban J connectivity index is 1.81. The first-order valence-corrected chi connectivity index (χ1v) is 8.47. The Morgan fingerprint density at radius 2 is 1.85 bits per heavy atom. The first-order valence-electron chi connectivity index (χ1n) is 8.47. The van der Waals surface area contributed by atoms with Crippen LogP contribution in [-0.4, -0.2) is 44.3 Å². The van der Waals surface area contributed by atoms with Crippen molar-refractivity contribution < 1.29 is 4.79 Å². The SMILES string of the molecule is CN(C)C(=O)c1cccnc1Nc1nc(-c2ccccc2)cc2nccn12. The molecule has 0 aliphatic rings. The quantitative estimate of drug-likeness (QED) is 0.606. The standard InChI is InChI=1S/C20H18N6O/c1-25(2)19(27)15-9-6-10-22-18(15)24-20-23-16(14-7-4-3-5-8-14)13-17-21-11-12-26(17)20/h3-13H,1-2H3,(H,22,23,24). The van der Waals surface area contributed by atoms with Crippen LogP contribution in [-0.2, 0) is 0 Å². The summed E-state index contributed by atoms with van der Waals surface area (Å²) in [5.41, 5.74) is 3.00. The topological polar surface area (TPSA) is 75.4 Å². The van der Waals surface area contributed by atoms with E-state index in [4.69, 9.17) is 4.98 Å². The van der Waals surface area contributed by atoms with E-state index in [9.17, 15) is 4.79 Å². The largest absolute Gasteiger partial charge is 0.345 e. The molecule has 1 aromatic carbocycles. The summed E-state index contributed by atoms with van der Waals surface area (Å²) in [7, 11) is 3.42. The molecular weight excluding hydrogens is 340 g/mol. The molecule has 134 valence electrons. The summed E-state index contributed by atoms with van der Waals surface area (Å²) >= 11 is 0. The van der Waals surface area contributed by atoms with E-state index in [-0.39, 0.29) is 5.91 Å². The van der Waals surface area contributed by atoms with E-state index in [2.05, 4.69) is 15.3 Å². The monoisotopic (exact) mass is 358 g/mol. The number of nitrogens with zero attached hydrogens (tertiary/aromatic N) is 5. The lowest BCUT2D eigenvalue weighted by molar-refractivity contribution is 0.0828. The minimum atomic E-state index is -0.133. The van der Waals surface area contributed by atoms with E-state index >= 15 is 0 Å². The summed E-state index contributed by atoms with van der Waals surface area (Å²) in [6.07, 6.45) is 5.16. The zero-order valence-electron chi connectivity index (χ0n) is 15.0. The maximum absolute atomic E-state index is 12.5. The zero-order valence-corrected chi connectivity index (χ0v) is 15.0. The molecule has 4 aromatic rings. The second-order valence-electron chi connectivity index (χ2n) is 6.21. The van der Waals surface area contributed by atoms with Gasteiger partial charge >= 0.3 is 0 Å².